The van der Waals surface area contributed by atoms with Crippen molar-refractivity contribution in [2.45, 2.75) is 6.92 Å². The smallest absolute Gasteiger partial charge is 0.279 e. The Kier molecular flexibility index (Phi) is 3.27. The molecule has 0 bridgehead atoms. The fraction of sp³-hybridized carbons (Fsp3) is 0.273. The summed E-state index contributed by atoms with van der Waals surface area (Å²) in [7, 11) is 3.26. The average Bonchev–Trinajstić information content (AvgIpc) is 2.15. The Morgan fingerprint density at radius 2 is 2.06 bits per heavy atom. The van der Waals surface area contributed by atoms with Crippen molar-refractivity contribution < 1.29 is 9.31 Å². The lowest BCUT2D eigenvalue weighted by Gasteiger charge is -2.14. The van der Waals surface area contributed by atoms with Gasteiger partial charge >= 0.3 is 0 Å². The van der Waals surface area contributed by atoms with Crippen molar-refractivity contribution in [3.05, 3.63) is 40.2 Å². The molecular weight excluding hydrogens is 211 g/mol. The molecule has 0 aliphatic carbocycles. The van der Waals surface area contributed by atoms with Gasteiger partial charge in [0, 0.05) is 20.2 Å². The largest absolute Gasteiger partial charge is 0.375 e. The second kappa shape index (κ2) is 4.30. The van der Waals surface area contributed by atoms with Crippen LogP contribution in [0.3, 0.4) is 0 Å². The van der Waals surface area contributed by atoms with E-state index in [1.807, 2.05) is 0 Å². The van der Waals surface area contributed by atoms with Gasteiger partial charge in [-0.1, -0.05) is 6.58 Å². The Bertz CT molecular complexity index is 456. The number of nitro groups is 1. The molecule has 0 aliphatic heterocycles. The van der Waals surface area contributed by atoms with E-state index in [-0.39, 0.29) is 16.9 Å². The first-order chi connectivity index (χ1) is 7.34. The van der Waals surface area contributed by atoms with Gasteiger partial charge in [-0.3, -0.25) is 10.1 Å². The molecule has 0 heterocycles. The molecule has 0 fully saturated rings. The zero-order chi connectivity index (χ0) is 12.5. The fourth-order valence-corrected chi connectivity index (χ4v) is 1.39. The minimum atomic E-state index is -0.531. The Morgan fingerprint density at radius 1 is 1.50 bits per heavy atom. The highest BCUT2D eigenvalue weighted by Crippen LogP contribution is 2.31. The van der Waals surface area contributed by atoms with Crippen molar-refractivity contribution in [1.82, 2.24) is 0 Å². The molecule has 0 saturated heterocycles. The van der Waals surface area contributed by atoms with Crippen molar-refractivity contribution in [2.24, 2.45) is 0 Å². The Morgan fingerprint density at radius 3 is 2.44 bits per heavy atom. The Hall–Kier alpha value is -1.91. The van der Waals surface area contributed by atoms with E-state index in [9.17, 15) is 14.5 Å². The standard InChI is InChI=1S/C11H13FN2O2/c1-7(2)8-5-9(12)11(13(3)4)6-10(8)14(15)16/h5-6H,1H2,2-4H3. The van der Waals surface area contributed by atoms with E-state index in [4.69, 9.17) is 0 Å². The number of hydrogen-bond acceptors (Lipinski definition) is 3. The lowest BCUT2D eigenvalue weighted by atomic mass is 10.1. The Balaban J connectivity index is 3.49. The van der Waals surface area contributed by atoms with Gasteiger partial charge in [-0.2, -0.15) is 0 Å². The van der Waals surface area contributed by atoms with Crippen LogP contribution in [0.15, 0.2) is 18.7 Å². The van der Waals surface area contributed by atoms with Gasteiger partial charge < -0.3 is 4.90 Å². The minimum absolute atomic E-state index is 0.127. The number of halogens is 1. The molecule has 4 nitrogen and oxygen atoms in total. The van der Waals surface area contributed by atoms with Crippen LogP contribution < -0.4 is 4.90 Å². The molecule has 86 valence electrons. The highest BCUT2D eigenvalue weighted by Gasteiger charge is 2.19. The van der Waals surface area contributed by atoms with Gasteiger partial charge in [-0.25, -0.2) is 4.39 Å². The zero-order valence-electron chi connectivity index (χ0n) is 9.45. The van der Waals surface area contributed by atoms with E-state index in [0.717, 1.165) is 6.07 Å². The van der Waals surface area contributed by atoms with Gasteiger partial charge in [0.05, 0.1) is 16.2 Å². The molecular formula is C11H13FN2O2. The van der Waals surface area contributed by atoms with Crippen molar-refractivity contribution >= 4 is 16.9 Å². The third-order valence-corrected chi connectivity index (χ3v) is 2.20. The van der Waals surface area contributed by atoms with Crippen molar-refractivity contribution in [1.29, 1.82) is 0 Å². The third kappa shape index (κ3) is 2.18. The summed E-state index contributed by atoms with van der Waals surface area (Å²) < 4.78 is 13.6. The molecule has 0 atom stereocenters. The van der Waals surface area contributed by atoms with Crippen LogP contribution in [-0.2, 0) is 0 Å². The minimum Gasteiger partial charge on any atom is -0.375 e. The second-order valence-electron chi connectivity index (χ2n) is 3.75. The van der Waals surface area contributed by atoms with Crippen molar-refractivity contribution in [2.75, 3.05) is 19.0 Å². The SMILES string of the molecule is C=C(C)c1cc(F)c(N(C)C)cc1[N+](=O)[O-]. The molecule has 1 aromatic carbocycles. The fourth-order valence-electron chi connectivity index (χ4n) is 1.39. The van der Waals surface area contributed by atoms with Crippen LogP contribution in [0.5, 0.6) is 0 Å². The van der Waals surface area contributed by atoms with Crippen LogP contribution in [0, 0.1) is 15.9 Å². The summed E-state index contributed by atoms with van der Waals surface area (Å²) in [5.41, 5.74) is 0.762. The summed E-state index contributed by atoms with van der Waals surface area (Å²) in [5, 5.41) is 10.8. The molecule has 1 rings (SSSR count). The third-order valence-electron chi connectivity index (χ3n) is 2.20. The van der Waals surface area contributed by atoms with Crippen LogP contribution in [-0.4, -0.2) is 19.0 Å². The highest BCUT2D eigenvalue weighted by atomic mass is 19.1. The number of anilines is 1. The lowest BCUT2D eigenvalue weighted by molar-refractivity contribution is -0.385. The van der Waals surface area contributed by atoms with Crippen LogP contribution in [0.1, 0.15) is 12.5 Å². The molecule has 0 spiro atoms. The molecule has 0 N–H and O–H groups in total. The molecule has 1 aromatic rings. The summed E-state index contributed by atoms with van der Waals surface area (Å²) >= 11 is 0. The Labute approximate surface area is 93.1 Å². The summed E-state index contributed by atoms with van der Waals surface area (Å²) in [6.07, 6.45) is 0. The van der Waals surface area contributed by atoms with E-state index < -0.39 is 10.7 Å². The first kappa shape index (κ1) is 12.2. The van der Waals surface area contributed by atoms with E-state index in [1.54, 1.807) is 21.0 Å². The number of allylic oxidation sites excluding steroid dienone is 1. The van der Waals surface area contributed by atoms with Crippen LogP contribution >= 0.6 is 0 Å². The quantitative estimate of drug-likeness (QED) is 0.585. The summed E-state index contributed by atoms with van der Waals surface area (Å²) in [6, 6.07) is 2.37. The second-order valence-corrected chi connectivity index (χ2v) is 3.75. The monoisotopic (exact) mass is 224 g/mol. The van der Waals surface area contributed by atoms with E-state index >= 15 is 0 Å². The van der Waals surface area contributed by atoms with Gasteiger partial charge in [0.2, 0.25) is 0 Å². The van der Waals surface area contributed by atoms with Gasteiger partial charge in [0.25, 0.3) is 5.69 Å². The first-order valence-electron chi connectivity index (χ1n) is 4.65. The van der Waals surface area contributed by atoms with E-state index in [2.05, 4.69) is 6.58 Å². The first-order valence-corrected chi connectivity index (χ1v) is 4.65. The molecule has 0 aromatic heterocycles. The van der Waals surface area contributed by atoms with E-state index in [0.29, 0.717) is 5.57 Å². The van der Waals surface area contributed by atoms with Crippen LogP contribution in [0.2, 0.25) is 0 Å². The van der Waals surface area contributed by atoms with E-state index in [1.165, 1.54) is 11.0 Å². The molecule has 5 heteroatoms. The maximum atomic E-state index is 13.6. The summed E-state index contributed by atoms with van der Waals surface area (Å²) in [5.74, 6) is -0.492. The van der Waals surface area contributed by atoms with Gasteiger partial charge in [-0.05, 0) is 18.6 Å². The van der Waals surface area contributed by atoms with Crippen LogP contribution in [0.4, 0.5) is 15.8 Å². The maximum Gasteiger partial charge on any atom is 0.279 e. The maximum absolute atomic E-state index is 13.6. The normalized spacial score (nSPS) is 10.0. The summed E-state index contributed by atoms with van der Waals surface area (Å²) in [6.45, 7) is 5.21. The number of nitro benzene ring substituents is 1. The molecule has 0 aliphatic rings. The lowest BCUT2D eigenvalue weighted by Crippen LogP contribution is -2.11. The average molecular weight is 224 g/mol. The van der Waals surface area contributed by atoms with Crippen LogP contribution in [0.25, 0.3) is 5.57 Å². The molecule has 0 radical (unpaired) electrons. The topological polar surface area (TPSA) is 46.4 Å². The number of rotatable bonds is 3. The number of benzene rings is 1. The highest BCUT2D eigenvalue weighted by molar-refractivity contribution is 5.73. The van der Waals surface area contributed by atoms with Crippen molar-refractivity contribution in [3.8, 4) is 0 Å². The number of nitrogens with zero attached hydrogens (tertiary/aromatic N) is 2. The molecule has 0 saturated carbocycles. The molecule has 0 amide bonds. The molecule has 16 heavy (non-hydrogen) atoms. The van der Waals surface area contributed by atoms with Gasteiger partial charge in [0.1, 0.15) is 5.82 Å². The molecule has 0 unspecified atom stereocenters. The van der Waals surface area contributed by atoms with Gasteiger partial charge in [0.15, 0.2) is 0 Å². The summed E-state index contributed by atoms with van der Waals surface area (Å²) in [4.78, 5) is 11.8. The van der Waals surface area contributed by atoms with Gasteiger partial charge in [-0.15, -0.1) is 0 Å². The van der Waals surface area contributed by atoms with Crippen molar-refractivity contribution in [3.63, 3.8) is 0 Å². The predicted molar refractivity (Wildman–Crippen MR) is 62.1 cm³/mol. The predicted octanol–water partition coefficient (Wildman–Crippen LogP) is 2.83. The number of hydrogen-bond donors (Lipinski definition) is 0. The zero-order valence-corrected chi connectivity index (χ0v) is 9.45.